The minimum atomic E-state index is -2.16. The van der Waals surface area contributed by atoms with Crippen molar-refractivity contribution in [3.8, 4) is 0 Å². The number of nitro groups is 1. The van der Waals surface area contributed by atoms with E-state index >= 15 is 0 Å². The van der Waals surface area contributed by atoms with Crippen LogP contribution in [0.25, 0.3) is 0 Å². The van der Waals surface area contributed by atoms with Gasteiger partial charge < -0.3 is 130 Å². The number of benzene rings is 2. The number of anilines is 1. The Bertz CT molecular complexity index is 3420. The highest BCUT2D eigenvalue weighted by atomic mass is 16.7. The van der Waals surface area contributed by atoms with Gasteiger partial charge in [-0.1, -0.05) is 38.1 Å². The number of carbonyl (C=O) groups excluding carboxylic acids is 11. The molecule has 3 fully saturated rings. The molecule has 0 aromatic heterocycles. The van der Waals surface area contributed by atoms with Crippen molar-refractivity contribution in [2.75, 3.05) is 25.5 Å². The van der Waals surface area contributed by atoms with E-state index in [0.717, 1.165) is 17.0 Å². The molecule has 103 heavy (non-hydrogen) atoms. The minimum absolute atomic E-state index is 0.0850. The van der Waals surface area contributed by atoms with Crippen LogP contribution in [0.4, 0.5) is 11.4 Å². The monoisotopic (exact) mass is 1460 g/mol. The van der Waals surface area contributed by atoms with E-state index in [-0.39, 0.29) is 42.6 Å². The van der Waals surface area contributed by atoms with Crippen LogP contribution in [0.1, 0.15) is 94.0 Å². The topological polar surface area (TPSA) is 690 Å². The summed E-state index contributed by atoms with van der Waals surface area (Å²) in [5, 5.41) is 132. The third-order valence-electron chi connectivity index (χ3n) is 16.5. The fourth-order valence-electron chi connectivity index (χ4n) is 11.2. The summed E-state index contributed by atoms with van der Waals surface area (Å²) in [4.78, 5) is 199. The second-order valence-electron chi connectivity index (χ2n) is 24.8. The summed E-state index contributed by atoms with van der Waals surface area (Å²) in [6, 6.07) is -5.18. The van der Waals surface area contributed by atoms with E-state index in [2.05, 4.69) is 37.2 Å². The van der Waals surface area contributed by atoms with E-state index in [1.165, 1.54) is 36.4 Å². The van der Waals surface area contributed by atoms with Crippen LogP contribution in [-0.4, -0.2) is 273 Å². The Kier molecular flexibility index (Phi) is 31.4. The molecule has 3 aliphatic rings. The zero-order valence-electron chi connectivity index (χ0n) is 55.3. The normalized spacial score (nSPS) is 23.6. The summed E-state index contributed by atoms with van der Waals surface area (Å²) in [6.45, 7) is 1.07. The molecule has 2 aromatic rings. The molecule has 11 amide bonds. The van der Waals surface area contributed by atoms with Gasteiger partial charge in [0.1, 0.15) is 97.2 Å². The fourth-order valence-corrected chi connectivity index (χ4v) is 11.2. The maximum absolute atomic E-state index is 14.7. The zero-order chi connectivity index (χ0) is 76.9. The Morgan fingerprint density at radius 2 is 1.14 bits per heavy atom. The van der Waals surface area contributed by atoms with Crippen molar-refractivity contribution in [3.63, 3.8) is 0 Å². The third-order valence-corrected chi connectivity index (χ3v) is 16.5. The first-order chi connectivity index (χ1) is 48.4. The van der Waals surface area contributed by atoms with Gasteiger partial charge in [-0.25, -0.2) is 4.79 Å². The van der Waals surface area contributed by atoms with Gasteiger partial charge in [-0.2, -0.15) is 0 Å². The summed E-state index contributed by atoms with van der Waals surface area (Å²) in [5.41, 5.74) is 16.2. The molecule has 3 saturated heterocycles. The number of amides is 11. The van der Waals surface area contributed by atoms with Crippen LogP contribution in [0.15, 0.2) is 48.5 Å². The van der Waals surface area contributed by atoms with Crippen LogP contribution in [0.5, 0.6) is 0 Å². The lowest BCUT2D eigenvalue weighted by atomic mass is 9.96. The molecule has 0 aliphatic carbocycles. The van der Waals surface area contributed by atoms with Gasteiger partial charge in [0.15, 0.2) is 12.5 Å². The van der Waals surface area contributed by atoms with Crippen LogP contribution in [0.2, 0.25) is 0 Å². The van der Waals surface area contributed by atoms with E-state index in [1.54, 1.807) is 13.8 Å². The third kappa shape index (κ3) is 24.2. The van der Waals surface area contributed by atoms with Crippen molar-refractivity contribution < 1.29 is 137 Å². The highest BCUT2D eigenvalue weighted by Crippen LogP contribution is 2.30. The number of nitrogen functional groups attached to an aromatic ring is 1. The number of aliphatic hydroxyl groups excluding tert-OH is 7. The molecule has 568 valence electrons. The second kappa shape index (κ2) is 38.7. The molecule has 0 spiro atoms. The maximum Gasteiger partial charge on any atom is 0.326 e. The van der Waals surface area contributed by atoms with Crippen LogP contribution >= 0.6 is 0 Å². The van der Waals surface area contributed by atoms with Gasteiger partial charge in [0.25, 0.3) is 11.6 Å². The number of nitrogens with two attached hydrogens (primary N) is 3. The summed E-state index contributed by atoms with van der Waals surface area (Å²) in [5.74, 6) is -18.7. The lowest BCUT2D eigenvalue weighted by molar-refractivity contribution is -0.384. The van der Waals surface area contributed by atoms with Crippen molar-refractivity contribution in [1.82, 2.24) is 47.4 Å². The largest absolute Gasteiger partial charge is 0.481 e. The number of para-hydroxylation sites is 1. The molecule has 0 saturated carbocycles. The predicted octanol–water partition coefficient (Wildman–Crippen LogP) is -8.84. The Hall–Kier alpha value is -10.2. The van der Waals surface area contributed by atoms with Crippen LogP contribution in [0.3, 0.4) is 0 Å². The number of carbonyl (C=O) groups is 14. The van der Waals surface area contributed by atoms with E-state index in [4.69, 9.17) is 31.4 Å². The SMILES string of the molecule is CC(C)C[C@H](NC(=O)[C@@H]1CCCN1C(=O)[C@H](CCC(N)=O)NC(=O)[C@H](CC(=O)N[C@@H]1O[C@H](CO)[C@@H](O[C@@H]2O[C@H](CO)[C@H](O)[C@H](O)[C@H]2O)[C@H](O)[C@H]1O)NC(=O)c1ccccc1N)C(=O)N[C@@H](CC(=O)O)C(=O)N[C@@H](CCC(N)=O)C(=O)N[C@@H](Cc1ccc([N+](=O)[O-])cc1)C(=O)N[C@@H](CC(=O)O)C(=O)O. The summed E-state index contributed by atoms with van der Waals surface area (Å²) in [6.07, 6.45) is -25.8. The second-order valence-corrected chi connectivity index (χ2v) is 24.8. The fraction of sp³-hybridized carbons (Fsp3) is 0.574. The molecule has 5 rings (SSSR count). The number of hydrogen-bond donors (Lipinski definition) is 21. The molecule has 0 unspecified atom stereocenters. The Morgan fingerprint density at radius 1 is 0.612 bits per heavy atom. The summed E-state index contributed by atoms with van der Waals surface area (Å²) < 4.78 is 16.5. The van der Waals surface area contributed by atoms with Gasteiger partial charge in [-0.15, -0.1) is 0 Å². The first-order valence-electron chi connectivity index (χ1n) is 32.1. The highest BCUT2D eigenvalue weighted by Gasteiger charge is 2.51. The van der Waals surface area contributed by atoms with E-state index in [0.29, 0.717) is 0 Å². The molecule has 3 aliphatic heterocycles. The number of primary amides is 2. The van der Waals surface area contributed by atoms with Gasteiger partial charge in [0.2, 0.25) is 59.1 Å². The molecule has 42 nitrogen and oxygen atoms in total. The van der Waals surface area contributed by atoms with Crippen molar-refractivity contribution >= 4 is 94.3 Å². The molecular weight excluding hydrogens is 1380 g/mol. The van der Waals surface area contributed by atoms with E-state index < -0.39 is 274 Å². The lowest BCUT2D eigenvalue weighted by Crippen LogP contribution is -2.66. The summed E-state index contributed by atoms with van der Waals surface area (Å²) >= 11 is 0. The van der Waals surface area contributed by atoms with Crippen molar-refractivity contribution in [2.24, 2.45) is 17.4 Å². The minimum Gasteiger partial charge on any atom is -0.481 e. The van der Waals surface area contributed by atoms with Crippen LogP contribution in [0, 0.1) is 16.0 Å². The number of aliphatic carboxylic acids is 3. The smallest absolute Gasteiger partial charge is 0.326 e. The van der Waals surface area contributed by atoms with Gasteiger partial charge >= 0.3 is 17.9 Å². The first-order valence-corrected chi connectivity index (χ1v) is 32.1. The number of non-ortho nitro benzene ring substituents is 1. The lowest BCUT2D eigenvalue weighted by Gasteiger charge is -2.46. The number of aliphatic hydroxyl groups is 7. The van der Waals surface area contributed by atoms with Gasteiger partial charge in [0.05, 0.1) is 43.0 Å². The number of carboxylic acids is 3. The number of carboxylic acid groups (broad SMARTS) is 3. The molecule has 0 radical (unpaired) electrons. The van der Waals surface area contributed by atoms with Crippen LogP contribution < -0.4 is 59.7 Å². The number of nitrogens with one attached hydrogen (secondary N) is 8. The number of hydrogen-bond acceptors (Lipinski definition) is 27. The molecule has 2 aromatic carbocycles. The van der Waals surface area contributed by atoms with E-state index in [9.17, 15) is 128 Å². The Labute approximate surface area is 584 Å². The van der Waals surface area contributed by atoms with E-state index in [1.807, 2.05) is 5.32 Å². The first kappa shape index (κ1) is 83.5. The molecular formula is C61H85N13O29. The average molecular weight is 1460 g/mol. The molecule has 18 atom stereocenters. The summed E-state index contributed by atoms with van der Waals surface area (Å²) in [7, 11) is 0. The predicted molar refractivity (Wildman–Crippen MR) is 343 cm³/mol. The maximum atomic E-state index is 14.7. The number of nitrogens with zero attached hydrogens (tertiary/aromatic N) is 2. The number of ether oxygens (including phenoxy) is 3. The van der Waals surface area contributed by atoms with Gasteiger partial charge in [-0.3, -0.25) is 72.4 Å². The van der Waals surface area contributed by atoms with Crippen LogP contribution in [-0.2, 0) is 83.0 Å². The van der Waals surface area contributed by atoms with Crippen molar-refractivity contribution in [3.05, 3.63) is 69.8 Å². The number of nitro benzene ring substituents is 1. The van der Waals surface area contributed by atoms with Gasteiger partial charge in [-0.05, 0) is 55.7 Å². The van der Waals surface area contributed by atoms with Crippen molar-refractivity contribution in [1.29, 1.82) is 0 Å². The van der Waals surface area contributed by atoms with Gasteiger partial charge in [0, 0.05) is 43.6 Å². The highest BCUT2D eigenvalue weighted by molar-refractivity contribution is 6.03. The Morgan fingerprint density at radius 3 is 1.70 bits per heavy atom. The average Bonchev–Trinajstić information content (AvgIpc) is 1.49. The Balaban J connectivity index is 1.36. The zero-order valence-corrected chi connectivity index (χ0v) is 55.3. The molecule has 0 bridgehead atoms. The quantitative estimate of drug-likeness (QED) is 0.0169. The standard InChI is InChI=1S/C61H85N13O29/c1-25(2)18-32(53(91)69-35(21-43(80)81)56(94)65-30(13-15-40(63)77)52(90)68-33(19-26-9-11-27(12-10-26)74(99)100)54(92)71-36(60(97)98)22-44(82)83)70-57(95)37-8-5-17-73(37)59(96)31(14-16-41(64)78)66-55(93)34(67-51(89)28-6-3-4-7-29(28)62)20-42(79)72-58-48(87)47(86)50(39(24-76)101-58)103-61-49(88)46(85)45(84)38(23-75)102-61/h3-4,6-7,9-12,25,30-39,45-50,58,61,75-76,84-88H,5,8,13-24,62H2,1-2H3,(H2,63,77)(H2,64,78)(H,65,94)(H,66,93)(H,67,89)(H,68,90)(H,69,91)(H,70,95)(H,71,92)(H,72,79)(H,80,81)(H,82,83)(H,97,98)/t30-,31-,32-,33-,34-,35-,36-,37-,38+,39+,45-,46-,47+,48+,49+,50+,58+,61-/m0/s1. The number of likely N-dealkylation sites (tertiary alicyclic amines) is 1. The van der Waals surface area contributed by atoms with Crippen molar-refractivity contribution in [2.45, 2.75) is 194 Å². The molecule has 42 heteroatoms. The molecule has 24 N–H and O–H groups in total. The molecule has 3 heterocycles. The number of rotatable bonds is 38.